The fraction of sp³-hybridized carbons (Fsp3) is 0.167. The smallest absolute Gasteiger partial charge is 0.224 e. The van der Waals surface area contributed by atoms with E-state index in [1.54, 1.807) is 24.9 Å². The van der Waals surface area contributed by atoms with Crippen molar-refractivity contribution in [1.29, 1.82) is 5.26 Å². The number of nitriles is 1. The number of fused-ring (bicyclic) bond motifs is 1. The molecule has 32 heavy (non-hydrogen) atoms. The number of ether oxygens (including phenoxy) is 1. The molecule has 1 aliphatic heterocycles. The Kier molecular flexibility index (Phi) is 4.71. The van der Waals surface area contributed by atoms with E-state index >= 15 is 0 Å². The first kappa shape index (κ1) is 19.6. The van der Waals surface area contributed by atoms with Gasteiger partial charge in [0.1, 0.15) is 17.3 Å². The average molecular weight is 423 g/mol. The summed E-state index contributed by atoms with van der Waals surface area (Å²) in [7, 11) is 0. The SMILES string of the molecule is CC(C)n1nc(-c2ccncc2)c2c1OC(N)=C(C#N)C2c1ccc(-n2ccnc2)cc1. The van der Waals surface area contributed by atoms with Crippen LogP contribution >= 0.6 is 0 Å². The van der Waals surface area contributed by atoms with Crippen LogP contribution in [0.25, 0.3) is 16.9 Å². The summed E-state index contributed by atoms with van der Waals surface area (Å²) < 4.78 is 9.71. The van der Waals surface area contributed by atoms with E-state index in [1.807, 2.05) is 65.7 Å². The van der Waals surface area contributed by atoms with Crippen LogP contribution in [0.15, 0.2) is 79.0 Å². The lowest BCUT2D eigenvalue weighted by Gasteiger charge is -2.26. The first-order valence-corrected chi connectivity index (χ1v) is 10.3. The summed E-state index contributed by atoms with van der Waals surface area (Å²) in [5, 5.41) is 14.8. The van der Waals surface area contributed by atoms with Crippen molar-refractivity contribution in [3.63, 3.8) is 0 Å². The topological polar surface area (TPSA) is 108 Å². The first-order valence-electron chi connectivity index (χ1n) is 10.3. The molecule has 0 bridgehead atoms. The van der Waals surface area contributed by atoms with Crippen molar-refractivity contribution in [1.82, 2.24) is 24.3 Å². The molecule has 1 unspecified atom stereocenters. The molecule has 0 fully saturated rings. The van der Waals surface area contributed by atoms with Crippen LogP contribution < -0.4 is 10.5 Å². The van der Waals surface area contributed by atoms with E-state index in [9.17, 15) is 5.26 Å². The van der Waals surface area contributed by atoms with Gasteiger partial charge in [-0.25, -0.2) is 9.67 Å². The lowest BCUT2D eigenvalue weighted by atomic mass is 9.83. The first-order chi connectivity index (χ1) is 15.6. The third-order valence-electron chi connectivity index (χ3n) is 5.54. The summed E-state index contributed by atoms with van der Waals surface area (Å²) in [4.78, 5) is 8.23. The number of aromatic nitrogens is 5. The van der Waals surface area contributed by atoms with Crippen LogP contribution in [-0.4, -0.2) is 24.3 Å². The van der Waals surface area contributed by atoms with E-state index in [0.29, 0.717) is 11.5 Å². The lowest BCUT2D eigenvalue weighted by molar-refractivity contribution is 0.334. The van der Waals surface area contributed by atoms with Gasteiger partial charge in [0.2, 0.25) is 11.8 Å². The van der Waals surface area contributed by atoms with E-state index in [4.69, 9.17) is 15.6 Å². The number of nitrogens with zero attached hydrogens (tertiary/aromatic N) is 6. The van der Waals surface area contributed by atoms with E-state index < -0.39 is 5.92 Å². The van der Waals surface area contributed by atoms with E-state index in [-0.39, 0.29) is 11.9 Å². The number of pyridine rings is 1. The molecule has 0 saturated heterocycles. The highest BCUT2D eigenvalue weighted by Crippen LogP contribution is 2.47. The third kappa shape index (κ3) is 3.11. The molecule has 0 radical (unpaired) electrons. The molecule has 158 valence electrons. The van der Waals surface area contributed by atoms with Gasteiger partial charge < -0.3 is 15.0 Å². The van der Waals surface area contributed by atoms with E-state index in [2.05, 4.69) is 16.0 Å². The van der Waals surface area contributed by atoms with E-state index in [1.165, 1.54) is 0 Å². The normalized spacial score (nSPS) is 15.4. The average Bonchev–Trinajstić information content (AvgIpc) is 3.47. The molecular formula is C24H21N7O. The molecule has 0 aliphatic carbocycles. The summed E-state index contributed by atoms with van der Waals surface area (Å²) in [5.74, 6) is 0.259. The third-order valence-corrected chi connectivity index (χ3v) is 5.54. The van der Waals surface area contributed by atoms with Gasteiger partial charge in [0, 0.05) is 36.0 Å². The number of allylic oxidation sites excluding steroid dienone is 1. The highest BCUT2D eigenvalue weighted by molar-refractivity contribution is 5.71. The van der Waals surface area contributed by atoms with Gasteiger partial charge in [-0.3, -0.25) is 4.98 Å². The Morgan fingerprint density at radius 2 is 1.81 bits per heavy atom. The molecule has 8 nitrogen and oxygen atoms in total. The predicted molar refractivity (Wildman–Crippen MR) is 119 cm³/mol. The zero-order chi connectivity index (χ0) is 22.2. The molecule has 1 atom stereocenters. The molecule has 0 amide bonds. The summed E-state index contributed by atoms with van der Waals surface area (Å²) in [6.45, 7) is 4.06. The van der Waals surface area contributed by atoms with Crippen molar-refractivity contribution < 1.29 is 4.74 Å². The van der Waals surface area contributed by atoms with Crippen molar-refractivity contribution in [2.75, 3.05) is 0 Å². The zero-order valence-corrected chi connectivity index (χ0v) is 17.7. The molecule has 2 N–H and O–H groups in total. The molecule has 5 rings (SSSR count). The van der Waals surface area contributed by atoms with Crippen molar-refractivity contribution >= 4 is 0 Å². The minimum absolute atomic E-state index is 0.0417. The molecule has 4 heterocycles. The summed E-state index contributed by atoms with van der Waals surface area (Å²) in [6.07, 6.45) is 8.81. The minimum Gasteiger partial charge on any atom is -0.422 e. The molecule has 8 heteroatoms. The fourth-order valence-electron chi connectivity index (χ4n) is 4.02. The molecule has 0 saturated carbocycles. The predicted octanol–water partition coefficient (Wildman–Crippen LogP) is 3.93. The van der Waals surface area contributed by atoms with Gasteiger partial charge in [-0.2, -0.15) is 10.4 Å². The number of rotatable bonds is 4. The Bertz CT molecular complexity index is 1330. The molecule has 1 aliphatic rings. The zero-order valence-electron chi connectivity index (χ0n) is 17.7. The highest BCUT2D eigenvalue weighted by Gasteiger charge is 2.37. The van der Waals surface area contributed by atoms with Crippen LogP contribution in [0.3, 0.4) is 0 Å². The van der Waals surface area contributed by atoms with Gasteiger partial charge in [0.25, 0.3) is 0 Å². The Hall–Kier alpha value is -4.38. The second-order valence-electron chi connectivity index (χ2n) is 7.83. The van der Waals surface area contributed by atoms with Crippen LogP contribution in [0.1, 0.15) is 36.9 Å². The number of imidazole rings is 1. The van der Waals surface area contributed by atoms with Crippen molar-refractivity contribution in [3.05, 3.63) is 90.1 Å². The summed E-state index contributed by atoms with van der Waals surface area (Å²) >= 11 is 0. The van der Waals surface area contributed by atoms with Gasteiger partial charge in [0.15, 0.2) is 0 Å². The van der Waals surface area contributed by atoms with Gasteiger partial charge in [-0.1, -0.05) is 12.1 Å². The van der Waals surface area contributed by atoms with Crippen LogP contribution in [0.4, 0.5) is 0 Å². The van der Waals surface area contributed by atoms with Crippen LogP contribution in [0.2, 0.25) is 0 Å². The Labute approximate surface area is 185 Å². The Morgan fingerprint density at radius 1 is 1.06 bits per heavy atom. The second kappa shape index (κ2) is 7.71. The van der Waals surface area contributed by atoms with Gasteiger partial charge in [0.05, 0.1) is 23.9 Å². The maximum Gasteiger partial charge on any atom is 0.224 e. The quantitative estimate of drug-likeness (QED) is 0.533. The maximum absolute atomic E-state index is 9.98. The van der Waals surface area contributed by atoms with Crippen molar-refractivity contribution in [3.8, 4) is 28.9 Å². The van der Waals surface area contributed by atoms with Crippen LogP contribution in [-0.2, 0) is 0 Å². The lowest BCUT2D eigenvalue weighted by Crippen LogP contribution is -2.22. The Balaban J connectivity index is 1.72. The number of hydrogen-bond acceptors (Lipinski definition) is 6. The highest BCUT2D eigenvalue weighted by atomic mass is 16.5. The second-order valence-corrected chi connectivity index (χ2v) is 7.83. The summed E-state index contributed by atoms with van der Waals surface area (Å²) in [6, 6.07) is 14.1. The number of benzene rings is 1. The van der Waals surface area contributed by atoms with Crippen LogP contribution in [0, 0.1) is 11.3 Å². The van der Waals surface area contributed by atoms with Gasteiger partial charge in [-0.15, -0.1) is 0 Å². The molecular weight excluding hydrogens is 402 g/mol. The van der Waals surface area contributed by atoms with Crippen molar-refractivity contribution in [2.24, 2.45) is 5.73 Å². The summed E-state index contributed by atoms with van der Waals surface area (Å²) in [5.41, 5.74) is 11.0. The van der Waals surface area contributed by atoms with Gasteiger partial charge >= 0.3 is 0 Å². The van der Waals surface area contributed by atoms with Crippen molar-refractivity contribution in [2.45, 2.75) is 25.8 Å². The molecule has 4 aromatic rings. The molecule has 3 aromatic heterocycles. The maximum atomic E-state index is 9.98. The number of hydrogen-bond donors (Lipinski definition) is 1. The van der Waals surface area contributed by atoms with E-state index in [0.717, 1.165) is 28.1 Å². The fourth-order valence-corrected chi connectivity index (χ4v) is 4.02. The molecule has 0 spiro atoms. The Morgan fingerprint density at radius 3 is 2.44 bits per heavy atom. The molecule has 1 aromatic carbocycles. The number of nitrogens with two attached hydrogens (primary N) is 1. The monoisotopic (exact) mass is 423 g/mol. The van der Waals surface area contributed by atoms with Crippen LogP contribution in [0.5, 0.6) is 5.88 Å². The standard InChI is InChI=1S/C24H21N7O/c1-15(2)31-24-21(22(29-31)17-7-9-27-10-8-17)20(19(13-25)23(26)32-24)16-3-5-18(6-4-16)30-12-11-28-14-30/h3-12,14-15,20H,26H2,1-2H3. The largest absolute Gasteiger partial charge is 0.422 e. The van der Waals surface area contributed by atoms with Gasteiger partial charge in [-0.05, 0) is 43.7 Å². The minimum atomic E-state index is -0.406.